The minimum absolute atomic E-state index is 0.00242. The number of esters is 1. The molecule has 2 aromatic carbocycles. The molecule has 1 aliphatic rings. The lowest BCUT2D eigenvalue weighted by Gasteiger charge is -2.18. The molecule has 0 radical (unpaired) electrons. The number of anilines is 1. The minimum atomic E-state index is -0.575. The van der Waals surface area contributed by atoms with E-state index in [9.17, 15) is 14.4 Å². The summed E-state index contributed by atoms with van der Waals surface area (Å²) in [6, 6.07) is 9.86. The monoisotopic (exact) mass is 459 g/mol. The second-order valence-electron chi connectivity index (χ2n) is 7.21. The standard InChI is InChI=1S/C22H19Cl2N3O4/c1-3-31-21(29)20-15(19-16(24)8-13(23)9-17(19)25-20)10-26-11-18(28)27(22(26)30)14-6-4-12(2)5-7-14/h4-9,25H,3,10-11H2,1-2H3. The van der Waals surface area contributed by atoms with Crippen LogP contribution in [0.15, 0.2) is 36.4 Å². The highest BCUT2D eigenvalue weighted by molar-refractivity contribution is 6.39. The molecule has 2 heterocycles. The molecule has 1 aliphatic heterocycles. The van der Waals surface area contributed by atoms with Gasteiger partial charge < -0.3 is 14.6 Å². The molecule has 4 rings (SSSR count). The lowest BCUT2D eigenvalue weighted by Crippen LogP contribution is -2.33. The van der Waals surface area contributed by atoms with Crippen molar-refractivity contribution in [2.75, 3.05) is 18.1 Å². The molecule has 3 aromatic rings. The highest BCUT2D eigenvalue weighted by atomic mass is 35.5. The molecule has 0 saturated carbocycles. The number of aromatic nitrogens is 1. The largest absolute Gasteiger partial charge is 0.461 e. The summed E-state index contributed by atoms with van der Waals surface area (Å²) in [4.78, 5) is 43.8. The van der Waals surface area contributed by atoms with E-state index in [0.29, 0.717) is 32.2 Å². The number of rotatable bonds is 5. The van der Waals surface area contributed by atoms with Crippen LogP contribution in [0, 0.1) is 6.92 Å². The van der Waals surface area contributed by atoms with Gasteiger partial charge in [-0.05, 0) is 38.1 Å². The Hall–Kier alpha value is -3.03. The SMILES string of the molecule is CCOC(=O)c1[nH]c2cc(Cl)cc(Cl)c2c1CN1CC(=O)N(c2ccc(C)cc2)C1=O. The molecular formula is C22H19Cl2N3O4. The Kier molecular flexibility index (Phi) is 5.64. The van der Waals surface area contributed by atoms with Crippen molar-refractivity contribution in [1.82, 2.24) is 9.88 Å². The van der Waals surface area contributed by atoms with Crippen molar-refractivity contribution in [2.45, 2.75) is 20.4 Å². The molecule has 9 heteroatoms. The molecule has 0 unspecified atom stereocenters. The fourth-order valence-corrected chi connectivity index (χ4v) is 4.27. The Labute approximate surface area is 188 Å². The van der Waals surface area contributed by atoms with Crippen molar-refractivity contribution in [3.8, 4) is 0 Å². The fraction of sp³-hybridized carbons (Fsp3) is 0.227. The van der Waals surface area contributed by atoms with Gasteiger partial charge in [0.25, 0.3) is 5.91 Å². The average Bonchev–Trinajstić information content (AvgIpc) is 3.20. The van der Waals surface area contributed by atoms with Crippen LogP contribution in [0.3, 0.4) is 0 Å². The Bertz CT molecular complexity index is 1200. The van der Waals surface area contributed by atoms with Crippen molar-refractivity contribution in [3.05, 3.63) is 63.3 Å². The van der Waals surface area contributed by atoms with Crippen LogP contribution >= 0.6 is 23.2 Å². The number of carbonyl (C=O) groups is 3. The highest BCUT2D eigenvalue weighted by Gasteiger charge is 2.38. The van der Waals surface area contributed by atoms with Gasteiger partial charge in [0.15, 0.2) is 0 Å². The number of benzene rings is 2. The summed E-state index contributed by atoms with van der Waals surface area (Å²) >= 11 is 12.5. The first-order valence-electron chi connectivity index (χ1n) is 9.65. The Balaban J connectivity index is 1.73. The van der Waals surface area contributed by atoms with Gasteiger partial charge in [-0.25, -0.2) is 14.5 Å². The van der Waals surface area contributed by atoms with E-state index >= 15 is 0 Å². The summed E-state index contributed by atoms with van der Waals surface area (Å²) in [5, 5.41) is 1.29. The van der Waals surface area contributed by atoms with Gasteiger partial charge in [-0.3, -0.25) is 4.79 Å². The number of hydrogen-bond donors (Lipinski definition) is 1. The van der Waals surface area contributed by atoms with Gasteiger partial charge in [-0.1, -0.05) is 40.9 Å². The van der Waals surface area contributed by atoms with Gasteiger partial charge in [0.1, 0.15) is 12.2 Å². The van der Waals surface area contributed by atoms with E-state index in [0.717, 1.165) is 10.5 Å². The Morgan fingerprint density at radius 1 is 1.16 bits per heavy atom. The van der Waals surface area contributed by atoms with Crippen LogP contribution in [-0.4, -0.2) is 40.9 Å². The van der Waals surface area contributed by atoms with Gasteiger partial charge in [0.05, 0.1) is 23.9 Å². The second-order valence-corrected chi connectivity index (χ2v) is 8.06. The Morgan fingerprint density at radius 3 is 2.55 bits per heavy atom. The topological polar surface area (TPSA) is 82.7 Å². The van der Waals surface area contributed by atoms with Crippen molar-refractivity contribution in [2.24, 2.45) is 0 Å². The number of amides is 3. The van der Waals surface area contributed by atoms with E-state index in [2.05, 4.69) is 4.98 Å². The third-order valence-electron chi connectivity index (χ3n) is 5.08. The number of urea groups is 1. The predicted octanol–water partition coefficient (Wildman–Crippen LogP) is 4.93. The van der Waals surface area contributed by atoms with E-state index in [4.69, 9.17) is 27.9 Å². The number of H-pyrrole nitrogens is 1. The summed E-state index contributed by atoms with van der Waals surface area (Å²) in [6.07, 6.45) is 0. The number of halogens is 2. The molecule has 0 atom stereocenters. The molecule has 0 aliphatic carbocycles. The second kappa shape index (κ2) is 8.24. The number of nitrogens with zero attached hydrogens (tertiary/aromatic N) is 2. The van der Waals surface area contributed by atoms with E-state index in [1.54, 1.807) is 31.2 Å². The summed E-state index contributed by atoms with van der Waals surface area (Å²) in [5.74, 6) is -0.922. The third kappa shape index (κ3) is 3.86. The maximum absolute atomic E-state index is 13.1. The first-order chi connectivity index (χ1) is 14.8. The van der Waals surface area contributed by atoms with E-state index < -0.39 is 12.0 Å². The number of nitrogens with one attached hydrogen (secondary N) is 1. The third-order valence-corrected chi connectivity index (χ3v) is 5.59. The molecule has 3 amide bonds. The van der Waals surface area contributed by atoms with Crippen molar-refractivity contribution in [3.63, 3.8) is 0 Å². The smallest absolute Gasteiger partial charge is 0.355 e. The van der Waals surface area contributed by atoms with Crippen LogP contribution in [0.1, 0.15) is 28.5 Å². The van der Waals surface area contributed by atoms with E-state index in [-0.39, 0.29) is 31.3 Å². The summed E-state index contributed by atoms with van der Waals surface area (Å²) in [5.41, 5.74) is 2.71. The zero-order chi connectivity index (χ0) is 22.3. The van der Waals surface area contributed by atoms with Gasteiger partial charge in [-0.15, -0.1) is 0 Å². The molecular weight excluding hydrogens is 441 g/mol. The number of aryl methyl sites for hydroxylation is 1. The lowest BCUT2D eigenvalue weighted by molar-refractivity contribution is -0.116. The van der Waals surface area contributed by atoms with Crippen LogP contribution in [0.25, 0.3) is 10.9 Å². The first kappa shape index (κ1) is 21.2. The Morgan fingerprint density at radius 2 is 1.87 bits per heavy atom. The molecule has 31 heavy (non-hydrogen) atoms. The summed E-state index contributed by atoms with van der Waals surface area (Å²) < 4.78 is 5.16. The summed E-state index contributed by atoms with van der Waals surface area (Å²) in [6.45, 7) is 3.69. The van der Waals surface area contributed by atoms with Crippen LogP contribution in [0.5, 0.6) is 0 Å². The van der Waals surface area contributed by atoms with Gasteiger partial charge in [0, 0.05) is 21.5 Å². The van der Waals surface area contributed by atoms with Crippen LogP contribution in [0.4, 0.5) is 10.5 Å². The molecule has 0 bridgehead atoms. The maximum atomic E-state index is 13.1. The number of carbonyl (C=O) groups excluding carboxylic acids is 3. The predicted molar refractivity (Wildman–Crippen MR) is 119 cm³/mol. The average molecular weight is 460 g/mol. The van der Waals surface area contributed by atoms with Gasteiger partial charge >= 0.3 is 12.0 Å². The van der Waals surface area contributed by atoms with E-state index in [1.807, 2.05) is 19.1 Å². The lowest BCUT2D eigenvalue weighted by atomic mass is 10.1. The van der Waals surface area contributed by atoms with Gasteiger partial charge in [-0.2, -0.15) is 0 Å². The maximum Gasteiger partial charge on any atom is 0.355 e. The molecule has 7 nitrogen and oxygen atoms in total. The van der Waals surface area contributed by atoms with Crippen LogP contribution in [0.2, 0.25) is 10.0 Å². The van der Waals surface area contributed by atoms with Crippen molar-refractivity contribution >= 4 is 57.7 Å². The number of fused-ring (bicyclic) bond motifs is 1. The normalized spacial score (nSPS) is 14.1. The fourth-order valence-electron chi connectivity index (χ4n) is 3.66. The first-order valence-corrected chi connectivity index (χ1v) is 10.4. The molecule has 160 valence electrons. The highest BCUT2D eigenvalue weighted by Crippen LogP contribution is 2.34. The minimum Gasteiger partial charge on any atom is -0.461 e. The molecule has 1 saturated heterocycles. The molecule has 0 spiro atoms. The van der Waals surface area contributed by atoms with Crippen LogP contribution < -0.4 is 4.90 Å². The van der Waals surface area contributed by atoms with Crippen LogP contribution in [-0.2, 0) is 16.1 Å². The number of aromatic amines is 1. The van der Waals surface area contributed by atoms with Gasteiger partial charge in [0.2, 0.25) is 0 Å². The zero-order valence-corrected chi connectivity index (χ0v) is 18.4. The quantitative estimate of drug-likeness (QED) is 0.433. The molecule has 1 fully saturated rings. The number of ether oxygens (including phenoxy) is 1. The number of imide groups is 1. The molecule has 1 N–H and O–H groups in total. The van der Waals surface area contributed by atoms with E-state index in [1.165, 1.54) is 4.90 Å². The zero-order valence-electron chi connectivity index (χ0n) is 16.9. The van der Waals surface area contributed by atoms with Crippen molar-refractivity contribution < 1.29 is 19.1 Å². The summed E-state index contributed by atoms with van der Waals surface area (Å²) in [7, 11) is 0. The number of hydrogen-bond acceptors (Lipinski definition) is 4. The molecule has 1 aromatic heterocycles. The van der Waals surface area contributed by atoms with Crippen molar-refractivity contribution in [1.29, 1.82) is 0 Å².